The molecule has 2 aromatic carbocycles. The number of ether oxygens (including phenoxy) is 1. The number of hydrogen-bond donors (Lipinski definition) is 3. The third-order valence-electron chi connectivity index (χ3n) is 3.64. The van der Waals surface area contributed by atoms with Crippen LogP contribution in [-0.4, -0.2) is 25.5 Å². The van der Waals surface area contributed by atoms with Gasteiger partial charge < -0.3 is 20.7 Å². The zero-order valence-electron chi connectivity index (χ0n) is 15.6. The van der Waals surface area contributed by atoms with Crippen molar-refractivity contribution in [1.82, 2.24) is 0 Å². The Hall–Kier alpha value is -3.02. The predicted octanol–water partition coefficient (Wildman–Crippen LogP) is 3.73. The molecule has 0 aliphatic rings. The van der Waals surface area contributed by atoms with Gasteiger partial charge in [-0.1, -0.05) is 39.0 Å². The molecule has 0 saturated carbocycles. The Kier molecular flexibility index (Phi) is 6.22. The van der Waals surface area contributed by atoms with E-state index in [1.54, 1.807) is 25.3 Å². The first-order valence-electron chi connectivity index (χ1n) is 8.38. The average molecular weight is 355 g/mol. The summed E-state index contributed by atoms with van der Waals surface area (Å²) in [6.45, 7) is 5.65. The second kappa shape index (κ2) is 8.38. The van der Waals surface area contributed by atoms with Gasteiger partial charge in [0.25, 0.3) is 0 Å². The zero-order chi connectivity index (χ0) is 19.2. The van der Waals surface area contributed by atoms with Gasteiger partial charge in [0.15, 0.2) is 0 Å². The first kappa shape index (κ1) is 19.3. The third kappa shape index (κ3) is 5.51. The summed E-state index contributed by atoms with van der Waals surface area (Å²) in [6.07, 6.45) is 0. The molecule has 0 aliphatic carbocycles. The van der Waals surface area contributed by atoms with E-state index in [1.807, 2.05) is 51.1 Å². The summed E-state index contributed by atoms with van der Waals surface area (Å²) in [6, 6.07) is 14.5. The summed E-state index contributed by atoms with van der Waals surface area (Å²) in [4.78, 5) is 24.2. The minimum atomic E-state index is -0.474. The fourth-order valence-corrected chi connectivity index (χ4v) is 2.15. The average Bonchev–Trinajstić information content (AvgIpc) is 2.60. The van der Waals surface area contributed by atoms with Crippen LogP contribution in [0.2, 0.25) is 0 Å². The van der Waals surface area contributed by atoms with Gasteiger partial charge >= 0.3 is 0 Å². The number of rotatable bonds is 6. The molecule has 26 heavy (non-hydrogen) atoms. The molecule has 0 radical (unpaired) electrons. The molecular weight excluding hydrogens is 330 g/mol. The molecule has 0 atom stereocenters. The molecule has 0 aliphatic heterocycles. The minimum absolute atomic E-state index is 0.0661. The molecule has 0 spiro atoms. The molecule has 0 heterocycles. The van der Waals surface area contributed by atoms with E-state index >= 15 is 0 Å². The van der Waals surface area contributed by atoms with Gasteiger partial charge in [-0.15, -0.1) is 0 Å². The number of methoxy groups -OCH3 is 1. The third-order valence-corrected chi connectivity index (χ3v) is 3.64. The van der Waals surface area contributed by atoms with Crippen LogP contribution in [0, 0.1) is 5.41 Å². The van der Waals surface area contributed by atoms with Crippen molar-refractivity contribution in [2.45, 2.75) is 20.8 Å². The van der Waals surface area contributed by atoms with Crippen molar-refractivity contribution < 1.29 is 14.3 Å². The lowest BCUT2D eigenvalue weighted by atomic mass is 9.95. The molecule has 0 bridgehead atoms. The number of nitrogens with one attached hydrogen (secondary N) is 3. The summed E-state index contributed by atoms with van der Waals surface area (Å²) in [5, 5.41) is 8.72. The van der Waals surface area contributed by atoms with E-state index in [9.17, 15) is 9.59 Å². The van der Waals surface area contributed by atoms with Crippen LogP contribution in [-0.2, 0) is 9.59 Å². The maximum atomic E-state index is 12.1. The fraction of sp³-hybridized carbons (Fsp3) is 0.300. The van der Waals surface area contributed by atoms with E-state index in [-0.39, 0.29) is 18.4 Å². The van der Waals surface area contributed by atoms with Crippen molar-refractivity contribution >= 4 is 28.9 Å². The summed E-state index contributed by atoms with van der Waals surface area (Å²) < 4.78 is 5.21. The van der Waals surface area contributed by atoms with E-state index in [2.05, 4.69) is 16.0 Å². The van der Waals surface area contributed by atoms with Gasteiger partial charge in [-0.2, -0.15) is 0 Å². The van der Waals surface area contributed by atoms with E-state index in [0.717, 1.165) is 5.69 Å². The molecule has 0 aromatic heterocycles. The van der Waals surface area contributed by atoms with Gasteiger partial charge in [0.05, 0.1) is 19.3 Å². The number of carbonyl (C=O) groups excluding carboxylic acids is 2. The van der Waals surface area contributed by atoms with Crippen LogP contribution in [0.4, 0.5) is 17.1 Å². The van der Waals surface area contributed by atoms with E-state index in [4.69, 9.17) is 4.74 Å². The molecular formula is C20H25N3O3. The maximum Gasteiger partial charge on any atom is 0.243 e. The number of hydrogen-bond acceptors (Lipinski definition) is 4. The lowest BCUT2D eigenvalue weighted by Gasteiger charge is -2.18. The van der Waals surface area contributed by atoms with Crippen molar-refractivity contribution in [1.29, 1.82) is 0 Å². The molecule has 2 amide bonds. The quantitative estimate of drug-likeness (QED) is 0.738. The second-order valence-electron chi connectivity index (χ2n) is 6.89. The van der Waals surface area contributed by atoms with Crippen molar-refractivity contribution in [3.05, 3.63) is 48.5 Å². The summed E-state index contributed by atoms with van der Waals surface area (Å²) in [7, 11) is 1.56. The van der Waals surface area contributed by atoms with Crippen LogP contribution in [0.3, 0.4) is 0 Å². The van der Waals surface area contributed by atoms with Gasteiger partial charge in [-0.3, -0.25) is 9.59 Å². The van der Waals surface area contributed by atoms with E-state index in [0.29, 0.717) is 17.1 Å². The first-order chi connectivity index (χ1) is 12.3. The standard InChI is InChI=1S/C20H25N3O3/c1-20(2,3)19(25)22-15-9-7-8-14(12-15)21-13-18(24)23-16-10-5-6-11-17(16)26-4/h5-12,21H,13H2,1-4H3,(H,22,25)(H,23,24). The van der Waals surface area contributed by atoms with Gasteiger partial charge in [0.1, 0.15) is 5.75 Å². The molecule has 6 nitrogen and oxygen atoms in total. The summed E-state index contributed by atoms with van der Waals surface area (Å²) in [5.74, 6) is 0.343. The number of benzene rings is 2. The molecule has 0 saturated heterocycles. The molecule has 2 rings (SSSR count). The number of anilines is 3. The smallest absolute Gasteiger partial charge is 0.243 e. The molecule has 138 valence electrons. The Balaban J connectivity index is 1.94. The Labute approximate surface area is 153 Å². The lowest BCUT2D eigenvalue weighted by Crippen LogP contribution is -2.27. The highest BCUT2D eigenvalue weighted by atomic mass is 16.5. The SMILES string of the molecule is COc1ccccc1NC(=O)CNc1cccc(NC(=O)C(C)(C)C)c1. The fourth-order valence-electron chi connectivity index (χ4n) is 2.15. The number of amides is 2. The van der Waals surface area contributed by atoms with Crippen molar-refractivity contribution in [3.8, 4) is 5.75 Å². The zero-order valence-corrected chi connectivity index (χ0v) is 15.6. The van der Waals surface area contributed by atoms with Crippen LogP contribution in [0.5, 0.6) is 5.75 Å². The predicted molar refractivity (Wildman–Crippen MR) is 105 cm³/mol. The lowest BCUT2D eigenvalue weighted by molar-refractivity contribution is -0.123. The van der Waals surface area contributed by atoms with Crippen molar-refractivity contribution in [2.75, 3.05) is 29.6 Å². The molecule has 0 fully saturated rings. The van der Waals surface area contributed by atoms with Crippen LogP contribution >= 0.6 is 0 Å². The van der Waals surface area contributed by atoms with Gasteiger partial charge in [0, 0.05) is 16.8 Å². The molecule has 0 unspecified atom stereocenters. The van der Waals surface area contributed by atoms with Gasteiger partial charge in [-0.05, 0) is 30.3 Å². The molecule has 2 aromatic rings. The van der Waals surface area contributed by atoms with Crippen LogP contribution in [0.1, 0.15) is 20.8 Å². The largest absolute Gasteiger partial charge is 0.495 e. The molecule has 6 heteroatoms. The van der Waals surface area contributed by atoms with Crippen molar-refractivity contribution in [2.24, 2.45) is 5.41 Å². The first-order valence-corrected chi connectivity index (χ1v) is 8.38. The van der Waals surface area contributed by atoms with Gasteiger partial charge in [0.2, 0.25) is 11.8 Å². The molecule has 3 N–H and O–H groups in total. The topological polar surface area (TPSA) is 79.5 Å². The van der Waals surface area contributed by atoms with Crippen LogP contribution < -0.4 is 20.7 Å². The Morgan fingerprint density at radius 1 is 0.962 bits per heavy atom. The summed E-state index contributed by atoms with van der Waals surface area (Å²) in [5.41, 5.74) is 1.57. The number of para-hydroxylation sites is 2. The Morgan fingerprint density at radius 2 is 1.65 bits per heavy atom. The Morgan fingerprint density at radius 3 is 2.35 bits per heavy atom. The van der Waals surface area contributed by atoms with E-state index < -0.39 is 5.41 Å². The highest BCUT2D eigenvalue weighted by Gasteiger charge is 2.21. The highest BCUT2D eigenvalue weighted by molar-refractivity contribution is 5.96. The van der Waals surface area contributed by atoms with E-state index in [1.165, 1.54) is 0 Å². The van der Waals surface area contributed by atoms with Crippen molar-refractivity contribution in [3.63, 3.8) is 0 Å². The Bertz CT molecular complexity index is 782. The minimum Gasteiger partial charge on any atom is -0.495 e. The van der Waals surface area contributed by atoms with Crippen LogP contribution in [0.15, 0.2) is 48.5 Å². The number of carbonyl (C=O) groups is 2. The van der Waals surface area contributed by atoms with Crippen LogP contribution in [0.25, 0.3) is 0 Å². The maximum absolute atomic E-state index is 12.1. The summed E-state index contributed by atoms with van der Waals surface area (Å²) >= 11 is 0. The normalized spacial score (nSPS) is 10.8. The second-order valence-corrected chi connectivity index (χ2v) is 6.89. The van der Waals surface area contributed by atoms with Gasteiger partial charge in [-0.25, -0.2) is 0 Å². The monoisotopic (exact) mass is 355 g/mol. The highest BCUT2D eigenvalue weighted by Crippen LogP contribution is 2.23.